The summed E-state index contributed by atoms with van der Waals surface area (Å²) in [4.78, 5) is 13.4. The number of amides is 1. The first kappa shape index (κ1) is 7.99. The minimum absolute atomic E-state index is 0.0694. The Morgan fingerprint density at radius 1 is 1.50 bits per heavy atom. The van der Waals surface area contributed by atoms with E-state index >= 15 is 0 Å². The molecular formula is C9H10N2O3. The van der Waals surface area contributed by atoms with E-state index in [0.29, 0.717) is 5.76 Å². The van der Waals surface area contributed by atoms with E-state index in [9.17, 15) is 4.79 Å². The van der Waals surface area contributed by atoms with Crippen molar-refractivity contribution in [2.45, 2.75) is 0 Å². The molecule has 5 nitrogen and oxygen atoms in total. The van der Waals surface area contributed by atoms with Gasteiger partial charge >= 0.3 is 0 Å². The van der Waals surface area contributed by atoms with Gasteiger partial charge in [0.2, 0.25) is 5.76 Å². The summed E-state index contributed by atoms with van der Waals surface area (Å²) >= 11 is 0. The van der Waals surface area contributed by atoms with Crippen LogP contribution in [0.25, 0.3) is 0 Å². The molecule has 0 unspecified atom stereocenters. The normalized spacial score (nSPS) is 23.0. The summed E-state index contributed by atoms with van der Waals surface area (Å²) in [7, 11) is 0. The fourth-order valence-corrected chi connectivity index (χ4v) is 1.96. The van der Waals surface area contributed by atoms with Crippen LogP contribution in [-0.4, -0.2) is 42.3 Å². The van der Waals surface area contributed by atoms with Crippen LogP contribution in [0.5, 0.6) is 0 Å². The molecule has 1 aromatic heterocycles. The van der Waals surface area contributed by atoms with E-state index in [4.69, 9.17) is 9.26 Å². The molecule has 0 N–H and O–H groups in total. The molecule has 1 amide bonds. The molecule has 0 aromatic carbocycles. The largest absolute Gasteiger partial charge is 0.380 e. The Bertz CT molecular complexity index is 348. The van der Waals surface area contributed by atoms with Gasteiger partial charge < -0.3 is 14.2 Å². The lowest BCUT2D eigenvalue weighted by Gasteiger charge is -2.54. The maximum Gasteiger partial charge on any atom is 0.292 e. The molecule has 1 aromatic rings. The van der Waals surface area contributed by atoms with E-state index in [1.165, 1.54) is 6.20 Å². The fraction of sp³-hybridized carbons (Fsp3) is 0.556. The van der Waals surface area contributed by atoms with Crippen molar-refractivity contribution in [1.29, 1.82) is 0 Å². The van der Waals surface area contributed by atoms with Crippen LogP contribution < -0.4 is 0 Å². The molecule has 3 rings (SSSR count). The topological polar surface area (TPSA) is 55.6 Å². The first-order valence-electron chi connectivity index (χ1n) is 4.57. The lowest BCUT2D eigenvalue weighted by molar-refractivity contribution is -0.176. The Labute approximate surface area is 80.6 Å². The van der Waals surface area contributed by atoms with E-state index < -0.39 is 0 Å². The van der Waals surface area contributed by atoms with E-state index in [2.05, 4.69) is 5.16 Å². The van der Waals surface area contributed by atoms with Gasteiger partial charge in [-0.15, -0.1) is 0 Å². The number of hydrogen-bond donors (Lipinski definition) is 0. The van der Waals surface area contributed by atoms with Crippen LogP contribution in [0.1, 0.15) is 10.6 Å². The Kier molecular flexibility index (Phi) is 1.47. The number of nitrogens with zero attached hydrogens (tertiary/aromatic N) is 2. The summed E-state index contributed by atoms with van der Waals surface area (Å²) < 4.78 is 9.92. The Morgan fingerprint density at radius 2 is 2.29 bits per heavy atom. The van der Waals surface area contributed by atoms with Gasteiger partial charge in [-0.2, -0.15) is 0 Å². The third kappa shape index (κ3) is 0.988. The van der Waals surface area contributed by atoms with Crippen LogP contribution in [0.3, 0.4) is 0 Å². The van der Waals surface area contributed by atoms with Gasteiger partial charge in [0, 0.05) is 19.2 Å². The average molecular weight is 194 g/mol. The SMILES string of the molecule is O=C(c1ccno1)N1CC2(COC2)C1. The van der Waals surface area contributed by atoms with Crippen LogP contribution in [-0.2, 0) is 4.74 Å². The molecule has 14 heavy (non-hydrogen) atoms. The van der Waals surface area contributed by atoms with Gasteiger partial charge in [0.05, 0.1) is 24.8 Å². The number of rotatable bonds is 1. The first-order valence-corrected chi connectivity index (χ1v) is 4.57. The average Bonchev–Trinajstić information content (AvgIpc) is 2.49. The minimum Gasteiger partial charge on any atom is -0.380 e. The lowest BCUT2D eigenvalue weighted by Crippen LogP contribution is -2.67. The second kappa shape index (κ2) is 2.57. The van der Waals surface area contributed by atoms with Crippen molar-refractivity contribution in [1.82, 2.24) is 10.1 Å². The molecular weight excluding hydrogens is 184 g/mol. The molecule has 3 heterocycles. The first-order chi connectivity index (χ1) is 6.79. The molecule has 2 aliphatic rings. The van der Waals surface area contributed by atoms with E-state index in [-0.39, 0.29) is 11.3 Å². The molecule has 2 saturated heterocycles. The fourth-order valence-electron chi connectivity index (χ4n) is 1.96. The highest BCUT2D eigenvalue weighted by molar-refractivity contribution is 5.92. The van der Waals surface area contributed by atoms with Crippen LogP contribution in [0.15, 0.2) is 16.8 Å². The Morgan fingerprint density at radius 3 is 2.79 bits per heavy atom. The summed E-state index contributed by atoms with van der Waals surface area (Å²) in [5, 5.41) is 3.51. The molecule has 74 valence electrons. The maximum absolute atomic E-state index is 11.7. The molecule has 2 fully saturated rings. The van der Waals surface area contributed by atoms with Crippen molar-refractivity contribution < 1.29 is 14.1 Å². The van der Waals surface area contributed by atoms with Gasteiger partial charge in [0.25, 0.3) is 5.91 Å². The Hall–Kier alpha value is -1.36. The van der Waals surface area contributed by atoms with Crippen molar-refractivity contribution in [2.75, 3.05) is 26.3 Å². The third-order valence-electron chi connectivity index (χ3n) is 2.80. The highest BCUT2D eigenvalue weighted by Crippen LogP contribution is 2.37. The number of likely N-dealkylation sites (tertiary alicyclic amines) is 1. The molecule has 0 radical (unpaired) electrons. The number of aromatic nitrogens is 1. The highest BCUT2D eigenvalue weighted by atomic mass is 16.5. The lowest BCUT2D eigenvalue weighted by atomic mass is 9.78. The molecule has 0 atom stereocenters. The standard InChI is InChI=1S/C9H10N2O3/c12-8(7-1-2-10-14-7)11-3-9(4-11)5-13-6-9/h1-2H,3-6H2. The van der Waals surface area contributed by atoms with Crippen LogP contribution >= 0.6 is 0 Å². The number of ether oxygens (including phenoxy) is 1. The smallest absolute Gasteiger partial charge is 0.292 e. The van der Waals surface area contributed by atoms with Gasteiger partial charge in [-0.05, 0) is 0 Å². The minimum atomic E-state index is -0.0694. The Balaban J connectivity index is 1.66. The zero-order valence-electron chi connectivity index (χ0n) is 7.60. The molecule has 0 aliphatic carbocycles. The van der Waals surface area contributed by atoms with Crippen LogP contribution in [0.2, 0.25) is 0 Å². The molecule has 0 saturated carbocycles. The van der Waals surface area contributed by atoms with Gasteiger partial charge in [-0.3, -0.25) is 4.79 Å². The predicted molar refractivity (Wildman–Crippen MR) is 45.7 cm³/mol. The molecule has 1 spiro atoms. The van der Waals surface area contributed by atoms with Crippen LogP contribution in [0, 0.1) is 5.41 Å². The summed E-state index contributed by atoms with van der Waals surface area (Å²) in [6, 6.07) is 1.59. The van der Waals surface area contributed by atoms with E-state index in [0.717, 1.165) is 26.3 Å². The molecule has 2 aliphatic heterocycles. The van der Waals surface area contributed by atoms with Gasteiger partial charge in [0.15, 0.2) is 0 Å². The molecule has 0 bridgehead atoms. The van der Waals surface area contributed by atoms with Gasteiger partial charge in [-0.25, -0.2) is 0 Å². The maximum atomic E-state index is 11.7. The van der Waals surface area contributed by atoms with Crippen molar-refractivity contribution in [2.24, 2.45) is 5.41 Å². The summed E-state index contributed by atoms with van der Waals surface area (Å²) in [5.74, 6) is 0.250. The summed E-state index contributed by atoms with van der Waals surface area (Å²) in [5.41, 5.74) is 0.260. The van der Waals surface area contributed by atoms with Crippen LogP contribution in [0.4, 0.5) is 0 Å². The molecule has 5 heteroatoms. The summed E-state index contributed by atoms with van der Waals surface area (Å²) in [6.07, 6.45) is 1.48. The van der Waals surface area contributed by atoms with Gasteiger partial charge in [-0.1, -0.05) is 5.16 Å². The zero-order valence-corrected chi connectivity index (χ0v) is 7.60. The number of carbonyl (C=O) groups is 1. The predicted octanol–water partition coefficient (Wildman–Crippen LogP) is 0.147. The van der Waals surface area contributed by atoms with Crippen molar-refractivity contribution in [3.05, 3.63) is 18.0 Å². The highest BCUT2D eigenvalue weighted by Gasteiger charge is 2.51. The van der Waals surface area contributed by atoms with Crippen molar-refractivity contribution in [3.8, 4) is 0 Å². The number of carbonyl (C=O) groups excluding carboxylic acids is 1. The third-order valence-corrected chi connectivity index (χ3v) is 2.80. The number of hydrogen-bond acceptors (Lipinski definition) is 4. The van der Waals surface area contributed by atoms with Crippen molar-refractivity contribution in [3.63, 3.8) is 0 Å². The summed E-state index contributed by atoms with van der Waals surface area (Å²) in [6.45, 7) is 3.14. The quantitative estimate of drug-likeness (QED) is 0.638. The second-order valence-electron chi connectivity index (χ2n) is 4.03. The zero-order chi connectivity index (χ0) is 9.60. The van der Waals surface area contributed by atoms with Crippen molar-refractivity contribution >= 4 is 5.91 Å². The monoisotopic (exact) mass is 194 g/mol. The van der Waals surface area contributed by atoms with E-state index in [1.807, 2.05) is 0 Å². The van der Waals surface area contributed by atoms with E-state index in [1.54, 1.807) is 11.0 Å². The van der Waals surface area contributed by atoms with Gasteiger partial charge in [0.1, 0.15) is 0 Å². The second-order valence-corrected chi connectivity index (χ2v) is 4.03.